The minimum Gasteiger partial charge on any atom is -0.390 e. The molecule has 0 atom stereocenters. The van der Waals surface area contributed by atoms with E-state index in [1.807, 2.05) is 47.6 Å². The number of aromatic nitrogens is 5. The van der Waals surface area contributed by atoms with Crippen LogP contribution in [-0.2, 0) is 28.3 Å². The standard InChI is InChI=1S/C10H12N2.C9H11F2N.C9H12FN.C9H14N2O/c1-10(2,3)9-6-5-8(11-4)7-12-9;1-9(2,3)8-7(11)4-6(10)5-12-8;1-9(2,3)8-5-4-7(10)6-11-8;1-9(2,3)8-5-10-7(6-12)4-11-8/h5-7H,1-3H3;4-5H,1-3H3;4-6H,1-3H3;4-5,12H,6H2,1-3H3. The van der Waals surface area contributed by atoms with Gasteiger partial charge in [0.05, 0.1) is 48.9 Å². The summed E-state index contributed by atoms with van der Waals surface area (Å²) in [5, 5.41) is 8.73. The molecule has 0 unspecified atom stereocenters. The molecule has 0 spiro atoms. The lowest BCUT2D eigenvalue weighted by atomic mass is 9.91. The topological polar surface area (TPSA) is 89.0 Å². The van der Waals surface area contributed by atoms with E-state index in [4.69, 9.17) is 11.7 Å². The van der Waals surface area contributed by atoms with Crippen molar-refractivity contribution >= 4 is 5.69 Å². The normalized spacial score (nSPS) is 11.5. The van der Waals surface area contributed by atoms with Crippen molar-refractivity contribution in [2.24, 2.45) is 0 Å². The Morgan fingerprint density at radius 3 is 1.40 bits per heavy atom. The minimum absolute atomic E-state index is 0.00764. The van der Waals surface area contributed by atoms with Crippen molar-refractivity contribution < 1.29 is 18.3 Å². The van der Waals surface area contributed by atoms with Crippen molar-refractivity contribution in [1.82, 2.24) is 24.9 Å². The molecule has 4 aromatic rings. The van der Waals surface area contributed by atoms with E-state index < -0.39 is 11.6 Å². The van der Waals surface area contributed by atoms with Crippen LogP contribution in [0.15, 0.2) is 61.3 Å². The molecule has 1 N–H and O–H groups in total. The molecule has 0 aliphatic carbocycles. The number of pyridine rings is 3. The van der Waals surface area contributed by atoms with Gasteiger partial charge in [0.15, 0.2) is 0 Å². The number of hydrogen-bond donors (Lipinski definition) is 1. The molecule has 0 fully saturated rings. The maximum absolute atomic E-state index is 13.0. The average Bonchev–Trinajstić information content (AvgIpc) is 2.96. The van der Waals surface area contributed by atoms with Crippen LogP contribution in [0.3, 0.4) is 0 Å². The maximum atomic E-state index is 13.0. The molecule has 0 aliphatic rings. The zero-order chi connectivity index (χ0) is 36.2. The highest BCUT2D eigenvalue weighted by atomic mass is 19.1. The first-order valence-electron chi connectivity index (χ1n) is 15.2. The van der Waals surface area contributed by atoms with Crippen LogP contribution in [0, 0.1) is 24.0 Å². The highest BCUT2D eigenvalue weighted by Gasteiger charge is 2.20. The molecule has 10 heteroatoms. The second-order valence-electron chi connectivity index (χ2n) is 14.9. The van der Waals surface area contributed by atoms with Gasteiger partial charge in [-0.2, -0.15) is 0 Å². The molecule has 47 heavy (non-hydrogen) atoms. The summed E-state index contributed by atoms with van der Waals surface area (Å²) >= 11 is 0. The predicted molar refractivity (Wildman–Crippen MR) is 182 cm³/mol. The fourth-order valence-corrected chi connectivity index (χ4v) is 3.51. The van der Waals surface area contributed by atoms with E-state index in [2.05, 4.69) is 71.3 Å². The predicted octanol–water partition coefficient (Wildman–Crippen LogP) is 9.37. The molecular weight excluding hydrogens is 601 g/mol. The zero-order valence-corrected chi connectivity index (χ0v) is 29.7. The van der Waals surface area contributed by atoms with Gasteiger partial charge in [0, 0.05) is 51.5 Å². The summed E-state index contributed by atoms with van der Waals surface area (Å²) in [6.07, 6.45) is 7.23. The summed E-state index contributed by atoms with van der Waals surface area (Å²) in [7, 11) is 0. The second-order valence-corrected chi connectivity index (χ2v) is 14.9. The summed E-state index contributed by atoms with van der Waals surface area (Å²) in [5.74, 6) is -1.50. The summed E-state index contributed by atoms with van der Waals surface area (Å²) in [4.78, 5) is 23.4. The number of nitrogens with zero attached hydrogens (tertiary/aromatic N) is 6. The van der Waals surface area contributed by atoms with E-state index in [9.17, 15) is 13.2 Å². The largest absolute Gasteiger partial charge is 0.390 e. The lowest BCUT2D eigenvalue weighted by Crippen LogP contribution is -2.16. The van der Waals surface area contributed by atoms with E-state index in [-0.39, 0.29) is 34.1 Å². The molecule has 0 bridgehead atoms. The monoisotopic (exact) mass is 650 g/mol. The average molecular weight is 651 g/mol. The SMILES string of the molecule is CC(C)(C)c1ccc(F)cn1.CC(C)(C)c1cnc(CO)cn1.CC(C)(C)c1ncc(F)cc1F.[C-]#[N+]c1ccc(C(C)(C)C)nc1. The first kappa shape index (κ1) is 40.8. The number of hydrogen-bond acceptors (Lipinski definition) is 6. The van der Waals surface area contributed by atoms with E-state index >= 15 is 0 Å². The Kier molecular flexibility index (Phi) is 14.8. The van der Waals surface area contributed by atoms with Crippen molar-refractivity contribution in [1.29, 1.82) is 0 Å². The van der Waals surface area contributed by atoms with Crippen molar-refractivity contribution in [3.05, 3.63) is 119 Å². The van der Waals surface area contributed by atoms with Gasteiger partial charge >= 0.3 is 0 Å². The molecule has 0 aliphatic heterocycles. The number of rotatable bonds is 1. The molecule has 7 nitrogen and oxygen atoms in total. The Morgan fingerprint density at radius 1 is 0.574 bits per heavy atom. The lowest BCUT2D eigenvalue weighted by molar-refractivity contribution is 0.276. The fraction of sp³-hybridized carbons (Fsp3) is 0.459. The van der Waals surface area contributed by atoms with Gasteiger partial charge < -0.3 is 5.11 Å². The molecule has 0 aromatic carbocycles. The Hall–Kier alpha value is -4.23. The Labute approximate surface area is 278 Å². The molecule has 254 valence electrons. The third-order valence-electron chi connectivity index (χ3n) is 6.30. The summed E-state index contributed by atoms with van der Waals surface area (Å²) in [5.41, 5.74) is 4.12. The molecule has 0 radical (unpaired) electrons. The van der Waals surface area contributed by atoms with Gasteiger partial charge in [-0.1, -0.05) is 95.2 Å². The first-order chi connectivity index (χ1) is 21.5. The van der Waals surface area contributed by atoms with Crippen molar-refractivity contribution in [3.63, 3.8) is 0 Å². The zero-order valence-electron chi connectivity index (χ0n) is 29.7. The Bertz CT molecular complexity index is 1560. The third kappa shape index (κ3) is 14.8. The van der Waals surface area contributed by atoms with Gasteiger partial charge in [-0.05, 0) is 12.1 Å². The fourth-order valence-electron chi connectivity index (χ4n) is 3.51. The molecule has 4 heterocycles. The van der Waals surface area contributed by atoms with Crippen LogP contribution in [0.25, 0.3) is 4.85 Å². The molecule has 4 aromatic heterocycles. The molecule has 4 rings (SSSR count). The van der Waals surface area contributed by atoms with Crippen LogP contribution in [0.2, 0.25) is 0 Å². The summed E-state index contributed by atoms with van der Waals surface area (Å²) in [6.45, 7) is 30.9. The van der Waals surface area contributed by atoms with Crippen molar-refractivity contribution in [3.8, 4) is 0 Å². The van der Waals surface area contributed by atoms with Crippen LogP contribution < -0.4 is 0 Å². The minimum atomic E-state index is -0.638. The van der Waals surface area contributed by atoms with E-state index in [1.54, 1.807) is 30.7 Å². The van der Waals surface area contributed by atoms with E-state index in [1.165, 1.54) is 12.3 Å². The Morgan fingerprint density at radius 2 is 1.06 bits per heavy atom. The molecular formula is C37H49F3N6O. The van der Waals surface area contributed by atoms with E-state index in [0.717, 1.165) is 29.3 Å². The highest BCUT2D eigenvalue weighted by Crippen LogP contribution is 2.23. The van der Waals surface area contributed by atoms with Gasteiger partial charge in [0.25, 0.3) is 0 Å². The molecule has 0 saturated heterocycles. The van der Waals surface area contributed by atoms with Gasteiger partial charge in [-0.3, -0.25) is 24.9 Å². The number of aliphatic hydroxyl groups is 1. The lowest BCUT2D eigenvalue weighted by Gasteiger charge is -2.17. The molecule has 0 amide bonds. The maximum Gasteiger partial charge on any atom is 0.205 e. The summed E-state index contributed by atoms with van der Waals surface area (Å²) in [6, 6.07) is 7.73. The smallest absolute Gasteiger partial charge is 0.205 e. The quantitative estimate of drug-likeness (QED) is 0.207. The van der Waals surface area contributed by atoms with Gasteiger partial charge in [0.2, 0.25) is 5.69 Å². The highest BCUT2D eigenvalue weighted by molar-refractivity contribution is 5.42. The van der Waals surface area contributed by atoms with Crippen LogP contribution in [0.1, 0.15) is 112 Å². The number of halogens is 3. The van der Waals surface area contributed by atoms with Crippen molar-refractivity contribution in [2.45, 2.75) is 111 Å². The van der Waals surface area contributed by atoms with Crippen LogP contribution in [0.5, 0.6) is 0 Å². The van der Waals surface area contributed by atoms with Gasteiger partial charge in [0.1, 0.15) is 17.5 Å². The first-order valence-corrected chi connectivity index (χ1v) is 15.2. The molecule has 0 saturated carbocycles. The number of aliphatic hydroxyl groups excluding tert-OH is 1. The van der Waals surface area contributed by atoms with Gasteiger partial charge in [-0.15, -0.1) is 0 Å². The van der Waals surface area contributed by atoms with Crippen LogP contribution >= 0.6 is 0 Å². The third-order valence-corrected chi connectivity index (χ3v) is 6.30. The van der Waals surface area contributed by atoms with Crippen LogP contribution in [0.4, 0.5) is 18.9 Å². The second kappa shape index (κ2) is 17.1. The van der Waals surface area contributed by atoms with E-state index in [0.29, 0.717) is 17.1 Å². The van der Waals surface area contributed by atoms with Crippen molar-refractivity contribution in [2.75, 3.05) is 0 Å². The van der Waals surface area contributed by atoms with Gasteiger partial charge in [-0.25, -0.2) is 18.0 Å². The summed E-state index contributed by atoms with van der Waals surface area (Å²) < 4.78 is 37.9. The van der Waals surface area contributed by atoms with Crippen LogP contribution in [-0.4, -0.2) is 30.0 Å². The Balaban J connectivity index is 0.000000314.